The Bertz CT molecular complexity index is 472. The Balaban J connectivity index is 1.76. The summed E-state index contributed by atoms with van der Waals surface area (Å²) in [5, 5.41) is 0. The third-order valence-electron chi connectivity index (χ3n) is 3.50. The summed E-state index contributed by atoms with van der Waals surface area (Å²) in [7, 11) is 0. The first-order valence-corrected chi connectivity index (χ1v) is 7.31. The molecule has 1 aromatic rings. The van der Waals surface area contributed by atoms with Crippen molar-refractivity contribution in [2.24, 2.45) is 5.92 Å². The second-order valence-electron chi connectivity index (χ2n) is 5.10. The van der Waals surface area contributed by atoms with Gasteiger partial charge in [-0.2, -0.15) is 0 Å². The van der Waals surface area contributed by atoms with Gasteiger partial charge in [0.05, 0.1) is 0 Å². The highest BCUT2D eigenvalue weighted by atomic mass is 16.2. The van der Waals surface area contributed by atoms with Crippen LogP contribution in [0.3, 0.4) is 0 Å². The number of hydrogen-bond acceptors (Lipinski definition) is 5. The predicted molar refractivity (Wildman–Crippen MR) is 78.2 cm³/mol. The molecular weight excluding hydrogens is 270 g/mol. The maximum absolute atomic E-state index is 12.0. The van der Waals surface area contributed by atoms with Crippen molar-refractivity contribution in [3.8, 4) is 0 Å². The molecule has 1 aliphatic rings. The molecule has 1 fully saturated rings. The van der Waals surface area contributed by atoms with Gasteiger partial charge in [0.15, 0.2) is 0 Å². The van der Waals surface area contributed by atoms with Crippen molar-refractivity contribution < 1.29 is 9.59 Å². The molecule has 0 radical (unpaired) electrons. The van der Waals surface area contributed by atoms with Gasteiger partial charge in [-0.25, -0.2) is 9.97 Å². The molecule has 1 aliphatic heterocycles. The largest absolute Gasteiger partial charge is 0.341 e. The van der Waals surface area contributed by atoms with Crippen LogP contribution in [0.5, 0.6) is 0 Å². The van der Waals surface area contributed by atoms with Crippen LogP contribution in [0.4, 0.5) is 5.95 Å². The lowest BCUT2D eigenvalue weighted by Gasteiger charge is -2.31. The number of piperidine rings is 1. The SMILES string of the molecule is CCCC(=O)NNC(=O)C1CCN(c2ncccn2)CC1. The van der Waals surface area contributed by atoms with E-state index in [9.17, 15) is 9.59 Å². The number of amides is 2. The zero-order valence-corrected chi connectivity index (χ0v) is 12.2. The molecular formula is C14H21N5O2. The molecule has 0 spiro atoms. The molecule has 2 heterocycles. The van der Waals surface area contributed by atoms with E-state index in [4.69, 9.17) is 0 Å². The summed E-state index contributed by atoms with van der Waals surface area (Å²) in [6.45, 7) is 3.40. The molecule has 0 bridgehead atoms. The second-order valence-corrected chi connectivity index (χ2v) is 5.10. The Morgan fingerprint density at radius 3 is 2.52 bits per heavy atom. The molecule has 0 aromatic carbocycles. The normalized spacial score (nSPS) is 15.6. The zero-order chi connectivity index (χ0) is 15.1. The van der Waals surface area contributed by atoms with Gasteiger partial charge in [0.1, 0.15) is 0 Å². The number of aromatic nitrogens is 2. The highest BCUT2D eigenvalue weighted by molar-refractivity contribution is 5.83. The number of nitrogens with one attached hydrogen (secondary N) is 2. The van der Waals surface area contributed by atoms with E-state index in [0.29, 0.717) is 12.4 Å². The molecule has 0 saturated carbocycles. The van der Waals surface area contributed by atoms with Gasteiger partial charge in [0, 0.05) is 37.8 Å². The van der Waals surface area contributed by atoms with Crippen LogP contribution in [-0.4, -0.2) is 34.9 Å². The van der Waals surface area contributed by atoms with Crippen LogP contribution in [0, 0.1) is 5.92 Å². The van der Waals surface area contributed by atoms with E-state index in [0.717, 1.165) is 32.4 Å². The maximum Gasteiger partial charge on any atom is 0.241 e. The lowest BCUT2D eigenvalue weighted by Crippen LogP contribution is -2.47. The smallest absolute Gasteiger partial charge is 0.241 e. The van der Waals surface area contributed by atoms with Crippen LogP contribution in [-0.2, 0) is 9.59 Å². The first-order chi connectivity index (χ1) is 10.2. The van der Waals surface area contributed by atoms with Gasteiger partial charge >= 0.3 is 0 Å². The summed E-state index contributed by atoms with van der Waals surface area (Å²) >= 11 is 0. The average molecular weight is 291 g/mol. The topological polar surface area (TPSA) is 87.2 Å². The van der Waals surface area contributed by atoms with Gasteiger partial charge < -0.3 is 4.90 Å². The summed E-state index contributed by atoms with van der Waals surface area (Å²) in [4.78, 5) is 33.8. The van der Waals surface area contributed by atoms with E-state index in [1.807, 2.05) is 6.92 Å². The molecule has 7 nitrogen and oxygen atoms in total. The van der Waals surface area contributed by atoms with Crippen LogP contribution in [0.25, 0.3) is 0 Å². The molecule has 2 N–H and O–H groups in total. The minimum Gasteiger partial charge on any atom is -0.341 e. The van der Waals surface area contributed by atoms with E-state index in [-0.39, 0.29) is 17.7 Å². The summed E-state index contributed by atoms with van der Waals surface area (Å²) in [6.07, 6.45) is 6.07. The molecule has 0 atom stereocenters. The molecule has 1 saturated heterocycles. The van der Waals surface area contributed by atoms with Gasteiger partial charge in [-0.15, -0.1) is 0 Å². The number of hydrogen-bond donors (Lipinski definition) is 2. The fourth-order valence-corrected chi connectivity index (χ4v) is 2.32. The number of anilines is 1. The predicted octanol–water partition coefficient (Wildman–Crippen LogP) is 0.640. The second kappa shape index (κ2) is 7.56. The Hall–Kier alpha value is -2.18. The van der Waals surface area contributed by atoms with Crippen LogP contribution in [0.2, 0.25) is 0 Å². The quantitative estimate of drug-likeness (QED) is 0.795. The monoisotopic (exact) mass is 291 g/mol. The molecule has 21 heavy (non-hydrogen) atoms. The number of nitrogens with zero attached hydrogens (tertiary/aromatic N) is 3. The highest BCUT2D eigenvalue weighted by Gasteiger charge is 2.26. The van der Waals surface area contributed by atoms with Crippen molar-refractivity contribution >= 4 is 17.8 Å². The number of hydrazine groups is 1. The van der Waals surface area contributed by atoms with Crippen molar-refractivity contribution in [2.45, 2.75) is 32.6 Å². The molecule has 7 heteroatoms. The molecule has 2 amide bonds. The fraction of sp³-hybridized carbons (Fsp3) is 0.571. The summed E-state index contributed by atoms with van der Waals surface area (Å²) in [6, 6.07) is 1.78. The Morgan fingerprint density at radius 1 is 1.24 bits per heavy atom. The Morgan fingerprint density at radius 2 is 1.90 bits per heavy atom. The van der Waals surface area contributed by atoms with Crippen molar-refractivity contribution in [3.05, 3.63) is 18.5 Å². The third kappa shape index (κ3) is 4.40. The summed E-state index contributed by atoms with van der Waals surface area (Å²) in [5.41, 5.74) is 4.95. The average Bonchev–Trinajstić information content (AvgIpc) is 2.54. The van der Waals surface area contributed by atoms with Crippen molar-refractivity contribution in [2.75, 3.05) is 18.0 Å². The summed E-state index contributed by atoms with van der Waals surface area (Å²) in [5.74, 6) is 0.355. The zero-order valence-electron chi connectivity index (χ0n) is 12.2. The number of carbonyl (C=O) groups excluding carboxylic acids is 2. The Labute approximate surface area is 124 Å². The molecule has 0 unspecified atom stereocenters. The first-order valence-electron chi connectivity index (χ1n) is 7.31. The number of carbonyl (C=O) groups is 2. The van der Waals surface area contributed by atoms with Crippen molar-refractivity contribution in [3.63, 3.8) is 0 Å². The molecule has 114 valence electrons. The number of rotatable bonds is 4. The van der Waals surface area contributed by atoms with Crippen molar-refractivity contribution in [1.29, 1.82) is 0 Å². The lowest BCUT2D eigenvalue weighted by molar-refractivity contribution is -0.131. The minimum atomic E-state index is -0.152. The van der Waals surface area contributed by atoms with Gasteiger partial charge in [-0.05, 0) is 25.3 Å². The third-order valence-corrected chi connectivity index (χ3v) is 3.50. The van der Waals surface area contributed by atoms with E-state index < -0.39 is 0 Å². The Kier molecular flexibility index (Phi) is 5.48. The van der Waals surface area contributed by atoms with Crippen molar-refractivity contribution in [1.82, 2.24) is 20.8 Å². The van der Waals surface area contributed by atoms with Crippen LogP contribution in [0.15, 0.2) is 18.5 Å². The lowest BCUT2D eigenvalue weighted by atomic mass is 9.96. The minimum absolute atomic E-state index is 0.0770. The van der Waals surface area contributed by atoms with Crippen LogP contribution >= 0.6 is 0 Å². The van der Waals surface area contributed by atoms with Crippen LogP contribution in [0.1, 0.15) is 32.6 Å². The van der Waals surface area contributed by atoms with Gasteiger partial charge in [-0.1, -0.05) is 6.92 Å². The molecule has 2 rings (SSSR count). The fourth-order valence-electron chi connectivity index (χ4n) is 2.32. The van der Waals surface area contributed by atoms with E-state index in [2.05, 4.69) is 25.7 Å². The van der Waals surface area contributed by atoms with E-state index in [1.54, 1.807) is 18.5 Å². The van der Waals surface area contributed by atoms with Gasteiger partial charge in [0.2, 0.25) is 17.8 Å². The summed E-state index contributed by atoms with van der Waals surface area (Å²) < 4.78 is 0. The van der Waals surface area contributed by atoms with Crippen LogP contribution < -0.4 is 15.8 Å². The highest BCUT2D eigenvalue weighted by Crippen LogP contribution is 2.20. The molecule has 0 aliphatic carbocycles. The van der Waals surface area contributed by atoms with E-state index >= 15 is 0 Å². The maximum atomic E-state index is 12.0. The van der Waals surface area contributed by atoms with Gasteiger partial charge in [0.25, 0.3) is 0 Å². The first kappa shape index (κ1) is 15.2. The standard InChI is InChI=1S/C14H21N5O2/c1-2-4-12(20)17-18-13(21)11-5-9-19(10-6-11)14-15-7-3-8-16-14/h3,7-8,11H,2,4-6,9-10H2,1H3,(H,17,20)(H,18,21). The van der Waals surface area contributed by atoms with Gasteiger partial charge in [-0.3, -0.25) is 20.4 Å². The molecule has 1 aromatic heterocycles. The van der Waals surface area contributed by atoms with E-state index in [1.165, 1.54) is 0 Å².